The molecule has 32 heavy (non-hydrogen) atoms. The SMILES string of the molecule is CCCCc1ccc(NC(=S)NCc2cn(-c3ccccc3)nc2-c2ccccc2)cc1. The van der Waals surface area contributed by atoms with Crippen molar-refractivity contribution < 1.29 is 0 Å². The van der Waals surface area contributed by atoms with Crippen LogP contribution in [0.25, 0.3) is 16.9 Å². The van der Waals surface area contributed by atoms with Gasteiger partial charge in [0.25, 0.3) is 0 Å². The van der Waals surface area contributed by atoms with Crippen molar-refractivity contribution in [1.29, 1.82) is 0 Å². The van der Waals surface area contributed by atoms with E-state index in [-0.39, 0.29) is 0 Å². The molecule has 3 aromatic carbocycles. The van der Waals surface area contributed by atoms with Crippen molar-refractivity contribution in [3.05, 3.63) is 102 Å². The molecule has 4 aromatic rings. The molecular formula is C27H28N4S. The van der Waals surface area contributed by atoms with Gasteiger partial charge in [-0.2, -0.15) is 5.10 Å². The van der Waals surface area contributed by atoms with Crippen LogP contribution in [0.1, 0.15) is 30.9 Å². The molecule has 0 unspecified atom stereocenters. The molecular weight excluding hydrogens is 412 g/mol. The van der Waals surface area contributed by atoms with Crippen molar-refractivity contribution >= 4 is 23.0 Å². The van der Waals surface area contributed by atoms with Crippen LogP contribution < -0.4 is 10.6 Å². The topological polar surface area (TPSA) is 41.9 Å². The molecule has 5 heteroatoms. The number of rotatable bonds is 8. The van der Waals surface area contributed by atoms with Crippen molar-refractivity contribution in [1.82, 2.24) is 15.1 Å². The zero-order valence-corrected chi connectivity index (χ0v) is 19.1. The number of unbranched alkanes of at least 4 members (excludes halogenated alkanes) is 1. The third-order valence-corrected chi connectivity index (χ3v) is 5.57. The fraction of sp³-hybridized carbons (Fsp3) is 0.185. The smallest absolute Gasteiger partial charge is 0.171 e. The average Bonchev–Trinajstić information content (AvgIpc) is 3.28. The summed E-state index contributed by atoms with van der Waals surface area (Å²) >= 11 is 5.55. The van der Waals surface area contributed by atoms with Crippen LogP contribution in [0.3, 0.4) is 0 Å². The van der Waals surface area contributed by atoms with Gasteiger partial charge in [-0.1, -0.05) is 74.0 Å². The van der Waals surface area contributed by atoms with Gasteiger partial charge >= 0.3 is 0 Å². The maximum absolute atomic E-state index is 5.55. The molecule has 0 aliphatic carbocycles. The van der Waals surface area contributed by atoms with Gasteiger partial charge in [-0.25, -0.2) is 4.68 Å². The normalized spacial score (nSPS) is 10.7. The van der Waals surface area contributed by atoms with Gasteiger partial charge in [0.2, 0.25) is 0 Å². The Morgan fingerprint density at radius 3 is 2.28 bits per heavy atom. The summed E-state index contributed by atoms with van der Waals surface area (Å²) in [5.74, 6) is 0. The maximum Gasteiger partial charge on any atom is 0.171 e. The Kier molecular flexibility index (Phi) is 7.31. The lowest BCUT2D eigenvalue weighted by Crippen LogP contribution is -2.27. The highest BCUT2D eigenvalue weighted by Gasteiger charge is 2.12. The standard InChI is InChI=1S/C27H28N4S/c1-2-3-10-21-15-17-24(18-16-21)29-27(32)28-19-23-20-31(25-13-8-5-9-14-25)30-26(23)22-11-6-4-7-12-22/h4-9,11-18,20H,2-3,10,19H2,1H3,(H2,28,29,32). The second-order valence-electron chi connectivity index (χ2n) is 7.76. The molecule has 0 amide bonds. The van der Waals surface area contributed by atoms with Crippen LogP contribution in [0.2, 0.25) is 0 Å². The Balaban J connectivity index is 1.46. The van der Waals surface area contributed by atoms with E-state index in [4.69, 9.17) is 17.3 Å². The van der Waals surface area contributed by atoms with Crippen LogP contribution in [0, 0.1) is 0 Å². The number of aromatic nitrogens is 2. The number of thiocarbonyl (C=S) groups is 1. The summed E-state index contributed by atoms with van der Waals surface area (Å²) < 4.78 is 1.92. The number of hydrogen-bond acceptors (Lipinski definition) is 2. The molecule has 0 saturated carbocycles. The van der Waals surface area contributed by atoms with Gasteiger partial charge in [-0.05, 0) is 54.9 Å². The molecule has 0 aliphatic rings. The molecule has 2 N–H and O–H groups in total. The molecule has 0 spiro atoms. The summed E-state index contributed by atoms with van der Waals surface area (Å²) in [6, 6.07) is 28.9. The third-order valence-electron chi connectivity index (χ3n) is 5.33. The van der Waals surface area contributed by atoms with E-state index in [1.54, 1.807) is 0 Å². The first-order valence-corrected chi connectivity index (χ1v) is 11.5. The average molecular weight is 441 g/mol. The van der Waals surface area contributed by atoms with Crippen molar-refractivity contribution in [3.63, 3.8) is 0 Å². The predicted molar refractivity (Wildman–Crippen MR) is 137 cm³/mol. The molecule has 4 nitrogen and oxygen atoms in total. The Morgan fingerprint density at radius 1 is 0.906 bits per heavy atom. The van der Waals surface area contributed by atoms with Crippen LogP contribution in [0.15, 0.2) is 91.1 Å². The van der Waals surface area contributed by atoms with E-state index < -0.39 is 0 Å². The first-order valence-electron chi connectivity index (χ1n) is 11.1. The molecule has 0 fully saturated rings. The molecule has 0 saturated heterocycles. The van der Waals surface area contributed by atoms with Gasteiger partial charge in [0, 0.05) is 29.6 Å². The second-order valence-corrected chi connectivity index (χ2v) is 8.17. The number of nitrogens with zero attached hydrogens (tertiary/aromatic N) is 2. The number of aryl methyl sites for hydroxylation is 1. The van der Waals surface area contributed by atoms with Crippen LogP contribution in [-0.2, 0) is 13.0 Å². The summed E-state index contributed by atoms with van der Waals surface area (Å²) in [7, 11) is 0. The number of nitrogens with one attached hydrogen (secondary N) is 2. The van der Waals surface area contributed by atoms with Crippen molar-refractivity contribution in [2.45, 2.75) is 32.7 Å². The van der Waals surface area contributed by atoms with E-state index >= 15 is 0 Å². The van der Waals surface area contributed by atoms with E-state index in [2.05, 4.69) is 72.3 Å². The number of anilines is 1. The van der Waals surface area contributed by atoms with Gasteiger partial charge < -0.3 is 10.6 Å². The molecule has 162 valence electrons. The first kappa shape index (κ1) is 21.8. The highest BCUT2D eigenvalue weighted by Crippen LogP contribution is 2.23. The molecule has 0 radical (unpaired) electrons. The maximum atomic E-state index is 5.55. The second kappa shape index (κ2) is 10.7. The van der Waals surface area contributed by atoms with E-state index in [1.807, 2.05) is 41.1 Å². The highest BCUT2D eigenvalue weighted by molar-refractivity contribution is 7.80. The monoisotopic (exact) mass is 440 g/mol. The van der Waals surface area contributed by atoms with Gasteiger partial charge in [0.15, 0.2) is 5.11 Å². The van der Waals surface area contributed by atoms with Crippen molar-refractivity contribution in [3.8, 4) is 16.9 Å². The van der Waals surface area contributed by atoms with E-state index in [0.717, 1.165) is 34.6 Å². The summed E-state index contributed by atoms with van der Waals surface area (Å²) in [6.45, 7) is 2.80. The summed E-state index contributed by atoms with van der Waals surface area (Å²) in [4.78, 5) is 0. The minimum atomic E-state index is 0.581. The van der Waals surface area contributed by atoms with Crippen molar-refractivity contribution in [2.24, 2.45) is 0 Å². The minimum absolute atomic E-state index is 0.581. The molecule has 0 aliphatic heterocycles. The van der Waals surface area contributed by atoms with Crippen molar-refractivity contribution in [2.75, 3.05) is 5.32 Å². The predicted octanol–water partition coefficient (Wildman–Crippen LogP) is 6.37. The lowest BCUT2D eigenvalue weighted by Gasteiger charge is -2.11. The quantitative estimate of drug-likeness (QED) is 0.313. The van der Waals surface area contributed by atoms with Crippen LogP contribution >= 0.6 is 12.2 Å². The minimum Gasteiger partial charge on any atom is -0.358 e. The highest BCUT2D eigenvalue weighted by atomic mass is 32.1. The molecule has 4 rings (SSSR count). The molecule has 1 aromatic heterocycles. The zero-order chi connectivity index (χ0) is 22.2. The first-order chi connectivity index (χ1) is 15.7. The Bertz CT molecular complexity index is 1140. The largest absolute Gasteiger partial charge is 0.358 e. The van der Waals surface area contributed by atoms with Gasteiger partial charge in [0.1, 0.15) is 0 Å². The molecule has 0 atom stereocenters. The van der Waals surface area contributed by atoms with E-state index in [0.29, 0.717) is 11.7 Å². The van der Waals surface area contributed by atoms with Crippen LogP contribution in [-0.4, -0.2) is 14.9 Å². The fourth-order valence-corrected chi connectivity index (χ4v) is 3.77. The van der Waals surface area contributed by atoms with E-state index in [1.165, 1.54) is 18.4 Å². The van der Waals surface area contributed by atoms with Gasteiger partial charge in [-0.3, -0.25) is 0 Å². The lowest BCUT2D eigenvalue weighted by molar-refractivity contribution is 0.795. The Labute approximate surface area is 195 Å². The summed E-state index contributed by atoms with van der Waals surface area (Å²) in [6.07, 6.45) is 5.61. The van der Waals surface area contributed by atoms with Gasteiger partial charge in [-0.15, -0.1) is 0 Å². The number of para-hydroxylation sites is 1. The van der Waals surface area contributed by atoms with Gasteiger partial charge in [0.05, 0.1) is 11.4 Å². The number of hydrogen-bond donors (Lipinski definition) is 2. The Hall–Kier alpha value is -3.44. The zero-order valence-electron chi connectivity index (χ0n) is 18.3. The number of benzene rings is 3. The molecule has 1 heterocycles. The van der Waals surface area contributed by atoms with Crippen LogP contribution in [0.5, 0.6) is 0 Å². The lowest BCUT2D eigenvalue weighted by atomic mass is 10.1. The molecule has 0 bridgehead atoms. The summed E-state index contributed by atoms with van der Waals surface area (Å²) in [5.41, 5.74) is 6.49. The third kappa shape index (κ3) is 5.62. The Morgan fingerprint density at radius 2 is 1.59 bits per heavy atom. The van der Waals surface area contributed by atoms with E-state index in [9.17, 15) is 0 Å². The fourth-order valence-electron chi connectivity index (χ4n) is 3.58. The van der Waals surface area contributed by atoms with Crippen LogP contribution in [0.4, 0.5) is 5.69 Å². The summed E-state index contributed by atoms with van der Waals surface area (Å²) in [5, 5.41) is 12.1.